The Morgan fingerprint density at radius 2 is 1.90 bits per heavy atom. The Morgan fingerprint density at radius 3 is 2.70 bits per heavy atom. The molecule has 8 heteroatoms. The second kappa shape index (κ2) is 8.75. The first kappa shape index (κ1) is 20.2. The smallest absolute Gasteiger partial charge is 0.326 e. The molecular formula is C22H23ClN4O3. The Balaban J connectivity index is 1.34. The second-order valence-electron chi connectivity index (χ2n) is 7.49. The molecule has 0 radical (unpaired) electrons. The molecule has 2 N–H and O–H groups in total. The number of halogens is 1. The molecule has 4 rings (SSSR count). The zero-order valence-corrected chi connectivity index (χ0v) is 17.2. The van der Waals surface area contributed by atoms with Gasteiger partial charge in [-0.05, 0) is 49.2 Å². The summed E-state index contributed by atoms with van der Waals surface area (Å²) < 4.78 is 1.62. The van der Waals surface area contributed by atoms with Crippen LogP contribution >= 0.6 is 11.6 Å². The van der Waals surface area contributed by atoms with Crippen LogP contribution in [0.1, 0.15) is 23.2 Å². The van der Waals surface area contributed by atoms with Crippen LogP contribution < -0.4 is 11.0 Å². The van der Waals surface area contributed by atoms with Gasteiger partial charge >= 0.3 is 5.69 Å². The van der Waals surface area contributed by atoms with Crippen LogP contribution in [-0.2, 0) is 11.3 Å². The number of amides is 2. The number of carbonyl (C=O) groups is 2. The topological polar surface area (TPSA) is 87.2 Å². The fourth-order valence-corrected chi connectivity index (χ4v) is 4.04. The number of hydrogen-bond donors (Lipinski definition) is 2. The first-order valence-corrected chi connectivity index (χ1v) is 10.4. The van der Waals surface area contributed by atoms with E-state index < -0.39 is 0 Å². The molecule has 0 bridgehead atoms. The Labute approximate surface area is 178 Å². The van der Waals surface area contributed by atoms with E-state index in [2.05, 4.69) is 10.3 Å². The van der Waals surface area contributed by atoms with E-state index in [-0.39, 0.29) is 23.4 Å². The minimum atomic E-state index is -0.255. The molecule has 3 aromatic rings. The molecule has 1 aromatic heterocycles. The van der Waals surface area contributed by atoms with Crippen LogP contribution in [0.5, 0.6) is 0 Å². The lowest BCUT2D eigenvalue weighted by molar-refractivity contribution is -0.126. The maximum atomic E-state index is 12.7. The molecule has 1 aliphatic rings. The number of fused-ring (bicyclic) bond motifs is 1. The highest BCUT2D eigenvalue weighted by molar-refractivity contribution is 6.30. The van der Waals surface area contributed by atoms with E-state index in [0.29, 0.717) is 36.8 Å². The summed E-state index contributed by atoms with van der Waals surface area (Å²) in [7, 11) is 0. The summed E-state index contributed by atoms with van der Waals surface area (Å²) in [4.78, 5) is 42.0. The van der Waals surface area contributed by atoms with Gasteiger partial charge in [0.05, 0.1) is 17.0 Å². The van der Waals surface area contributed by atoms with Crippen molar-refractivity contribution in [2.75, 3.05) is 19.6 Å². The maximum Gasteiger partial charge on any atom is 0.326 e. The van der Waals surface area contributed by atoms with Gasteiger partial charge in [0.1, 0.15) is 0 Å². The quantitative estimate of drug-likeness (QED) is 0.657. The Kier molecular flexibility index (Phi) is 5.90. The third kappa shape index (κ3) is 4.26. The van der Waals surface area contributed by atoms with Crippen molar-refractivity contribution in [2.24, 2.45) is 5.92 Å². The standard InChI is InChI=1S/C22H23ClN4O3/c23-17-9-7-15(8-10-17)21(29)26-12-3-4-16(14-26)20(28)24-11-13-27-19-6-2-1-5-18(19)25-22(27)30/h1-2,5-10,16H,3-4,11-14H2,(H,24,28)(H,25,30)/t16-/m0/s1. The van der Waals surface area contributed by atoms with Crippen LogP contribution in [0, 0.1) is 5.92 Å². The van der Waals surface area contributed by atoms with Crippen molar-refractivity contribution in [3.05, 3.63) is 69.6 Å². The van der Waals surface area contributed by atoms with Crippen molar-refractivity contribution in [3.8, 4) is 0 Å². The molecular weight excluding hydrogens is 404 g/mol. The van der Waals surface area contributed by atoms with E-state index in [1.807, 2.05) is 24.3 Å². The molecule has 0 unspecified atom stereocenters. The Morgan fingerprint density at radius 1 is 1.13 bits per heavy atom. The number of rotatable bonds is 5. The van der Waals surface area contributed by atoms with Crippen LogP contribution in [0.25, 0.3) is 11.0 Å². The van der Waals surface area contributed by atoms with Crippen molar-refractivity contribution in [1.29, 1.82) is 0 Å². The molecule has 0 aliphatic carbocycles. The third-order valence-electron chi connectivity index (χ3n) is 5.49. The molecule has 1 saturated heterocycles. The van der Waals surface area contributed by atoms with E-state index in [1.165, 1.54) is 0 Å². The van der Waals surface area contributed by atoms with Gasteiger partial charge in [0.2, 0.25) is 5.91 Å². The van der Waals surface area contributed by atoms with Gasteiger partial charge in [-0.15, -0.1) is 0 Å². The van der Waals surface area contributed by atoms with Crippen LogP contribution in [0.2, 0.25) is 5.02 Å². The number of piperidine rings is 1. The first-order chi connectivity index (χ1) is 14.5. The largest absolute Gasteiger partial charge is 0.354 e. The zero-order chi connectivity index (χ0) is 21.1. The van der Waals surface area contributed by atoms with Crippen molar-refractivity contribution >= 4 is 34.4 Å². The summed E-state index contributed by atoms with van der Waals surface area (Å²) in [5, 5.41) is 3.50. The number of benzene rings is 2. The van der Waals surface area contributed by atoms with E-state index in [9.17, 15) is 14.4 Å². The average molecular weight is 427 g/mol. The highest BCUT2D eigenvalue weighted by Crippen LogP contribution is 2.20. The number of para-hydroxylation sites is 2. The molecule has 1 aliphatic heterocycles. The fourth-order valence-electron chi connectivity index (χ4n) is 3.91. The molecule has 2 aromatic carbocycles. The molecule has 1 atom stereocenters. The summed E-state index contributed by atoms with van der Waals surface area (Å²) in [5.41, 5.74) is 1.97. The summed E-state index contributed by atoms with van der Waals surface area (Å²) in [5.74, 6) is -0.430. The van der Waals surface area contributed by atoms with Gasteiger partial charge in [0.25, 0.3) is 5.91 Å². The average Bonchev–Trinajstić information content (AvgIpc) is 3.09. The van der Waals surface area contributed by atoms with Crippen LogP contribution in [0.15, 0.2) is 53.3 Å². The number of likely N-dealkylation sites (tertiary alicyclic amines) is 1. The van der Waals surface area contributed by atoms with Gasteiger partial charge in [0, 0.05) is 36.8 Å². The minimum Gasteiger partial charge on any atom is -0.354 e. The van der Waals surface area contributed by atoms with Crippen molar-refractivity contribution in [1.82, 2.24) is 19.8 Å². The van der Waals surface area contributed by atoms with Crippen molar-refractivity contribution in [2.45, 2.75) is 19.4 Å². The van der Waals surface area contributed by atoms with E-state index >= 15 is 0 Å². The van der Waals surface area contributed by atoms with Crippen LogP contribution in [-0.4, -0.2) is 45.9 Å². The SMILES string of the molecule is O=C(NCCn1c(=O)[nH]c2ccccc21)[C@H]1CCCN(C(=O)c2ccc(Cl)cc2)C1. The summed E-state index contributed by atoms with van der Waals surface area (Å²) in [6.45, 7) is 1.76. The number of nitrogens with zero attached hydrogens (tertiary/aromatic N) is 2. The fraction of sp³-hybridized carbons (Fsp3) is 0.318. The monoisotopic (exact) mass is 426 g/mol. The molecule has 30 heavy (non-hydrogen) atoms. The Bertz CT molecular complexity index is 1120. The number of hydrogen-bond acceptors (Lipinski definition) is 3. The summed E-state index contributed by atoms with van der Waals surface area (Å²) >= 11 is 5.89. The Hall–Kier alpha value is -3.06. The van der Waals surface area contributed by atoms with Gasteiger partial charge in [-0.3, -0.25) is 14.2 Å². The van der Waals surface area contributed by atoms with E-state index in [4.69, 9.17) is 11.6 Å². The molecule has 1 fully saturated rings. The minimum absolute atomic E-state index is 0.0866. The summed E-state index contributed by atoms with van der Waals surface area (Å²) in [6.07, 6.45) is 1.52. The number of imidazole rings is 1. The third-order valence-corrected chi connectivity index (χ3v) is 5.74. The lowest BCUT2D eigenvalue weighted by Crippen LogP contribution is -2.46. The van der Waals surface area contributed by atoms with Crippen LogP contribution in [0.3, 0.4) is 0 Å². The molecule has 0 saturated carbocycles. The zero-order valence-electron chi connectivity index (χ0n) is 16.4. The molecule has 2 heterocycles. The molecule has 0 spiro atoms. The molecule has 2 amide bonds. The second-order valence-corrected chi connectivity index (χ2v) is 7.92. The number of H-pyrrole nitrogens is 1. The van der Waals surface area contributed by atoms with Crippen LogP contribution in [0.4, 0.5) is 0 Å². The first-order valence-electron chi connectivity index (χ1n) is 10.0. The molecule has 7 nitrogen and oxygen atoms in total. The van der Waals surface area contributed by atoms with Gasteiger partial charge in [-0.1, -0.05) is 23.7 Å². The maximum absolute atomic E-state index is 12.7. The van der Waals surface area contributed by atoms with E-state index in [0.717, 1.165) is 23.9 Å². The normalized spacial score (nSPS) is 16.6. The highest BCUT2D eigenvalue weighted by Gasteiger charge is 2.28. The number of aromatic amines is 1. The molecule has 156 valence electrons. The number of nitrogens with one attached hydrogen (secondary N) is 2. The van der Waals surface area contributed by atoms with Gasteiger partial charge < -0.3 is 15.2 Å². The van der Waals surface area contributed by atoms with Gasteiger partial charge in [-0.25, -0.2) is 4.79 Å². The highest BCUT2D eigenvalue weighted by atomic mass is 35.5. The van der Waals surface area contributed by atoms with Crippen molar-refractivity contribution < 1.29 is 9.59 Å². The van der Waals surface area contributed by atoms with Crippen molar-refractivity contribution in [3.63, 3.8) is 0 Å². The lowest BCUT2D eigenvalue weighted by atomic mass is 9.96. The number of carbonyl (C=O) groups excluding carboxylic acids is 2. The van der Waals surface area contributed by atoms with Gasteiger partial charge in [-0.2, -0.15) is 0 Å². The summed E-state index contributed by atoms with van der Waals surface area (Å²) in [6, 6.07) is 14.2. The van der Waals surface area contributed by atoms with E-state index in [1.54, 1.807) is 33.7 Å². The number of aromatic nitrogens is 2. The van der Waals surface area contributed by atoms with Gasteiger partial charge in [0.15, 0.2) is 0 Å². The lowest BCUT2D eigenvalue weighted by Gasteiger charge is -2.32. The predicted molar refractivity (Wildman–Crippen MR) is 116 cm³/mol. The predicted octanol–water partition coefficient (Wildman–Crippen LogP) is 2.65.